The maximum absolute atomic E-state index is 5.20. The van der Waals surface area contributed by atoms with Gasteiger partial charge in [0, 0.05) is 20.2 Å². The molecule has 0 aliphatic rings. The summed E-state index contributed by atoms with van der Waals surface area (Å²) in [6.07, 6.45) is 2.39. The Balaban J connectivity index is 2.23. The molecule has 0 atom stereocenters. The van der Waals surface area contributed by atoms with Crippen LogP contribution in [0.15, 0.2) is 24.3 Å². The Morgan fingerprint density at radius 3 is 2.76 bits per heavy atom. The number of hydrogen-bond donors (Lipinski definition) is 0. The minimum absolute atomic E-state index is 0.767. The second-order valence-electron chi connectivity index (χ2n) is 5.38. The zero-order valence-corrected chi connectivity index (χ0v) is 13.5. The van der Waals surface area contributed by atoms with E-state index < -0.39 is 0 Å². The Hall–Kier alpha value is -1.39. The molecule has 2 rings (SSSR count). The van der Waals surface area contributed by atoms with Crippen molar-refractivity contribution in [1.82, 2.24) is 14.5 Å². The minimum Gasteiger partial charge on any atom is -0.383 e. The standard InChI is InChI=1S/C17H27N3O/c1-4-6-11-20-16-10-8-7-9-15(16)18-17(20)14-19(5-2)12-13-21-3/h7-10H,4-6,11-14H2,1-3H3. The molecule has 1 aromatic carbocycles. The van der Waals surface area contributed by atoms with Crippen molar-refractivity contribution in [1.29, 1.82) is 0 Å². The summed E-state index contributed by atoms with van der Waals surface area (Å²) >= 11 is 0. The lowest BCUT2D eigenvalue weighted by molar-refractivity contribution is 0.145. The number of nitrogens with zero attached hydrogens (tertiary/aromatic N) is 3. The lowest BCUT2D eigenvalue weighted by atomic mass is 10.3. The van der Waals surface area contributed by atoms with Crippen LogP contribution < -0.4 is 0 Å². The number of aryl methyl sites for hydroxylation is 1. The summed E-state index contributed by atoms with van der Waals surface area (Å²) in [5.41, 5.74) is 2.36. The van der Waals surface area contributed by atoms with Gasteiger partial charge in [0.05, 0.1) is 24.2 Å². The van der Waals surface area contributed by atoms with Gasteiger partial charge >= 0.3 is 0 Å². The minimum atomic E-state index is 0.767. The molecule has 0 bridgehead atoms. The van der Waals surface area contributed by atoms with Crippen LogP contribution in [0.4, 0.5) is 0 Å². The van der Waals surface area contributed by atoms with Gasteiger partial charge in [-0.3, -0.25) is 4.90 Å². The molecule has 0 radical (unpaired) electrons. The van der Waals surface area contributed by atoms with Crippen LogP contribution in [0.3, 0.4) is 0 Å². The van der Waals surface area contributed by atoms with Crippen LogP contribution in [0.5, 0.6) is 0 Å². The number of aromatic nitrogens is 2. The number of unbranched alkanes of at least 4 members (excludes halogenated alkanes) is 1. The highest BCUT2D eigenvalue weighted by Gasteiger charge is 2.13. The zero-order valence-electron chi connectivity index (χ0n) is 13.5. The number of rotatable bonds is 9. The molecule has 2 aromatic rings. The molecule has 4 heteroatoms. The maximum atomic E-state index is 5.20. The highest BCUT2D eigenvalue weighted by atomic mass is 16.5. The van der Waals surface area contributed by atoms with E-state index in [1.165, 1.54) is 24.2 Å². The molecular formula is C17H27N3O. The molecule has 0 amide bonds. The summed E-state index contributed by atoms with van der Waals surface area (Å²) in [5, 5.41) is 0. The molecular weight excluding hydrogens is 262 g/mol. The van der Waals surface area contributed by atoms with Crippen LogP contribution >= 0.6 is 0 Å². The molecule has 0 unspecified atom stereocenters. The molecule has 116 valence electrons. The average molecular weight is 289 g/mol. The quantitative estimate of drug-likeness (QED) is 0.709. The van der Waals surface area contributed by atoms with E-state index in [2.05, 4.69) is 47.6 Å². The van der Waals surface area contributed by atoms with E-state index in [4.69, 9.17) is 9.72 Å². The van der Waals surface area contributed by atoms with Crippen LogP contribution in [-0.4, -0.2) is 41.3 Å². The zero-order chi connectivity index (χ0) is 15.1. The van der Waals surface area contributed by atoms with Crippen molar-refractivity contribution >= 4 is 11.0 Å². The van der Waals surface area contributed by atoms with E-state index in [0.717, 1.165) is 38.3 Å². The fourth-order valence-corrected chi connectivity index (χ4v) is 2.58. The van der Waals surface area contributed by atoms with E-state index in [9.17, 15) is 0 Å². The molecule has 0 saturated carbocycles. The van der Waals surface area contributed by atoms with Gasteiger partial charge in [0.15, 0.2) is 0 Å². The molecule has 4 nitrogen and oxygen atoms in total. The van der Waals surface area contributed by atoms with Gasteiger partial charge in [0.25, 0.3) is 0 Å². The first-order chi connectivity index (χ1) is 10.3. The summed E-state index contributed by atoms with van der Waals surface area (Å²) in [7, 11) is 1.75. The average Bonchev–Trinajstić information content (AvgIpc) is 2.86. The Morgan fingerprint density at radius 2 is 2.05 bits per heavy atom. The Bertz CT molecular complexity index is 550. The first-order valence-corrected chi connectivity index (χ1v) is 7.95. The highest BCUT2D eigenvalue weighted by molar-refractivity contribution is 5.75. The number of likely N-dealkylation sites (N-methyl/N-ethyl adjacent to an activating group) is 1. The van der Waals surface area contributed by atoms with Crippen molar-refractivity contribution in [2.75, 3.05) is 26.8 Å². The fraction of sp³-hybridized carbons (Fsp3) is 0.588. The second kappa shape index (κ2) is 8.15. The van der Waals surface area contributed by atoms with Gasteiger partial charge in [-0.25, -0.2) is 4.98 Å². The highest BCUT2D eigenvalue weighted by Crippen LogP contribution is 2.18. The summed E-state index contributed by atoms with van der Waals surface area (Å²) in [6.45, 7) is 9.09. The van der Waals surface area contributed by atoms with E-state index >= 15 is 0 Å². The van der Waals surface area contributed by atoms with Crippen LogP contribution in [-0.2, 0) is 17.8 Å². The van der Waals surface area contributed by atoms with E-state index in [-0.39, 0.29) is 0 Å². The van der Waals surface area contributed by atoms with Crippen LogP contribution in [0.25, 0.3) is 11.0 Å². The number of imidazole rings is 1. The van der Waals surface area contributed by atoms with Crippen molar-refractivity contribution in [3.05, 3.63) is 30.1 Å². The van der Waals surface area contributed by atoms with Gasteiger partial charge in [0.2, 0.25) is 0 Å². The molecule has 0 N–H and O–H groups in total. The summed E-state index contributed by atoms with van der Waals surface area (Å²) in [4.78, 5) is 7.22. The maximum Gasteiger partial charge on any atom is 0.124 e. The first-order valence-electron chi connectivity index (χ1n) is 7.95. The van der Waals surface area contributed by atoms with Gasteiger partial charge in [-0.15, -0.1) is 0 Å². The Labute approximate surface area is 127 Å². The molecule has 0 aliphatic heterocycles. The molecule has 0 fully saturated rings. The van der Waals surface area contributed by atoms with E-state index in [0.29, 0.717) is 0 Å². The third-order valence-electron chi connectivity index (χ3n) is 3.89. The number of benzene rings is 1. The first kappa shape index (κ1) is 16.0. The normalized spacial score (nSPS) is 11.6. The molecule has 0 aliphatic carbocycles. The Kier molecular flexibility index (Phi) is 6.21. The van der Waals surface area contributed by atoms with Crippen molar-refractivity contribution in [2.45, 2.75) is 39.8 Å². The van der Waals surface area contributed by atoms with Crippen molar-refractivity contribution < 1.29 is 4.74 Å². The summed E-state index contributed by atoms with van der Waals surface area (Å²) in [6, 6.07) is 8.43. The molecule has 21 heavy (non-hydrogen) atoms. The summed E-state index contributed by atoms with van der Waals surface area (Å²) < 4.78 is 7.58. The smallest absolute Gasteiger partial charge is 0.124 e. The van der Waals surface area contributed by atoms with Gasteiger partial charge in [-0.1, -0.05) is 32.4 Å². The van der Waals surface area contributed by atoms with Gasteiger partial charge in [-0.2, -0.15) is 0 Å². The van der Waals surface area contributed by atoms with E-state index in [1.54, 1.807) is 7.11 Å². The molecule has 1 aromatic heterocycles. The van der Waals surface area contributed by atoms with Crippen molar-refractivity contribution in [3.8, 4) is 0 Å². The van der Waals surface area contributed by atoms with Gasteiger partial charge in [0.1, 0.15) is 5.82 Å². The fourth-order valence-electron chi connectivity index (χ4n) is 2.58. The predicted octanol–water partition coefficient (Wildman–Crippen LogP) is 3.30. The summed E-state index contributed by atoms with van der Waals surface area (Å²) in [5.74, 6) is 1.17. The monoisotopic (exact) mass is 289 g/mol. The van der Waals surface area contributed by atoms with Crippen molar-refractivity contribution in [3.63, 3.8) is 0 Å². The number of methoxy groups -OCH3 is 1. The number of fused-ring (bicyclic) bond motifs is 1. The van der Waals surface area contributed by atoms with Gasteiger partial charge in [-0.05, 0) is 25.1 Å². The van der Waals surface area contributed by atoms with Crippen LogP contribution in [0.2, 0.25) is 0 Å². The largest absolute Gasteiger partial charge is 0.383 e. The third-order valence-corrected chi connectivity index (χ3v) is 3.89. The third kappa shape index (κ3) is 4.05. The molecule has 0 saturated heterocycles. The topological polar surface area (TPSA) is 30.3 Å². The van der Waals surface area contributed by atoms with Crippen molar-refractivity contribution in [2.24, 2.45) is 0 Å². The van der Waals surface area contributed by atoms with Crippen LogP contribution in [0, 0.1) is 0 Å². The predicted molar refractivity (Wildman–Crippen MR) is 87.5 cm³/mol. The van der Waals surface area contributed by atoms with Crippen LogP contribution in [0.1, 0.15) is 32.5 Å². The Morgan fingerprint density at radius 1 is 1.24 bits per heavy atom. The lowest BCUT2D eigenvalue weighted by Gasteiger charge is -2.20. The molecule has 1 heterocycles. The van der Waals surface area contributed by atoms with Gasteiger partial charge < -0.3 is 9.30 Å². The number of para-hydroxylation sites is 2. The number of hydrogen-bond acceptors (Lipinski definition) is 3. The SMILES string of the molecule is CCCCn1c(CN(CC)CCOC)nc2ccccc21. The number of ether oxygens (including phenoxy) is 1. The second-order valence-corrected chi connectivity index (χ2v) is 5.38. The van der Waals surface area contributed by atoms with E-state index in [1.807, 2.05) is 0 Å². The lowest BCUT2D eigenvalue weighted by Crippen LogP contribution is -2.28. The molecule has 0 spiro atoms.